The van der Waals surface area contributed by atoms with Gasteiger partial charge in [0.05, 0.1) is 12.2 Å². The number of rotatable bonds is 4. The predicted octanol–water partition coefficient (Wildman–Crippen LogP) is 4.12. The molecule has 1 aromatic carbocycles. The summed E-state index contributed by atoms with van der Waals surface area (Å²) in [5, 5.41) is 4.03. The molecule has 1 atom stereocenters. The molecule has 3 heterocycles. The van der Waals surface area contributed by atoms with E-state index in [1.807, 2.05) is 18.7 Å². The molecule has 2 saturated heterocycles. The Morgan fingerprint density at radius 1 is 1.14 bits per heavy atom. The van der Waals surface area contributed by atoms with E-state index in [0.29, 0.717) is 25.1 Å². The molecule has 1 unspecified atom stereocenters. The van der Waals surface area contributed by atoms with E-state index in [1.54, 1.807) is 0 Å². The third-order valence-corrected chi connectivity index (χ3v) is 6.59. The number of aromatic nitrogens is 1. The molecule has 0 radical (unpaired) electrons. The molecule has 1 aromatic heterocycles. The minimum absolute atomic E-state index is 0.163. The third kappa shape index (κ3) is 3.92. The Labute approximate surface area is 169 Å². The van der Waals surface area contributed by atoms with Gasteiger partial charge in [-0.1, -0.05) is 11.2 Å². The molecule has 2 fully saturated rings. The van der Waals surface area contributed by atoms with Gasteiger partial charge in [0.1, 0.15) is 17.4 Å². The lowest BCUT2D eigenvalue weighted by Gasteiger charge is -2.38. The molecule has 4 rings (SSSR count). The maximum atomic E-state index is 14.1. The number of aryl methyl sites for hydroxylation is 2. The summed E-state index contributed by atoms with van der Waals surface area (Å²) in [6.07, 6.45) is 4.15. The number of carbonyl (C=O) groups excluding carboxylic acids is 1. The fourth-order valence-corrected chi connectivity index (χ4v) is 4.82. The van der Waals surface area contributed by atoms with Crippen LogP contribution >= 0.6 is 0 Å². The van der Waals surface area contributed by atoms with Gasteiger partial charge in [0.25, 0.3) is 0 Å². The van der Waals surface area contributed by atoms with Crippen LogP contribution in [0.25, 0.3) is 0 Å². The quantitative estimate of drug-likeness (QED) is 0.771. The van der Waals surface area contributed by atoms with E-state index in [0.717, 1.165) is 61.9 Å². The van der Waals surface area contributed by atoms with Crippen molar-refractivity contribution >= 4 is 5.91 Å². The van der Waals surface area contributed by atoms with E-state index < -0.39 is 11.6 Å². The van der Waals surface area contributed by atoms with Crippen LogP contribution in [0.1, 0.15) is 54.7 Å². The fourth-order valence-electron chi connectivity index (χ4n) is 4.82. The summed E-state index contributed by atoms with van der Waals surface area (Å²) in [6, 6.07) is 3.77. The van der Waals surface area contributed by atoms with E-state index >= 15 is 0 Å². The van der Waals surface area contributed by atoms with Crippen LogP contribution in [0.5, 0.6) is 0 Å². The molecular formula is C22H27F2N3O2. The highest BCUT2D eigenvalue weighted by Gasteiger charge is 2.46. The smallest absolute Gasteiger partial charge is 0.223 e. The molecule has 29 heavy (non-hydrogen) atoms. The van der Waals surface area contributed by atoms with Crippen LogP contribution in [-0.4, -0.2) is 39.5 Å². The molecule has 2 aliphatic heterocycles. The maximum Gasteiger partial charge on any atom is 0.223 e. The van der Waals surface area contributed by atoms with Gasteiger partial charge in [0, 0.05) is 42.2 Å². The zero-order valence-electron chi connectivity index (χ0n) is 17.0. The standard InChI is InChI=1S/C22H27F2N3O2/c1-15-19(16(2)29-25-15)14-27-21(28)6-8-22(27)7-3-10-26(11-9-22)13-17-4-5-18(23)12-20(17)24/h4-5,12H,3,6-11,13-14H2,1-2H3. The maximum absolute atomic E-state index is 14.1. The molecule has 1 spiro atoms. The first kappa shape index (κ1) is 20.0. The van der Waals surface area contributed by atoms with E-state index in [1.165, 1.54) is 12.1 Å². The Balaban J connectivity index is 1.49. The van der Waals surface area contributed by atoms with Crippen molar-refractivity contribution in [3.05, 3.63) is 52.4 Å². The van der Waals surface area contributed by atoms with Crippen molar-refractivity contribution in [2.24, 2.45) is 0 Å². The molecule has 0 saturated carbocycles. The van der Waals surface area contributed by atoms with Gasteiger partial charge in [-0.25, -0.2) is 8.78 Å². The zero-order chi connectivity index (χ0) is 20.6. The topological polar surface area (TPSA) is 49.6 Å². The second-order valence-electron chi connectivity index (χ2n) is 8.37. The number of hydrogen-bond donors (Lipinski definition) is 0. The minimum Gasteiger partial charge on any atom is -0.361 e. The third-order valence-electron chi connectivity index (χ3n) is 6.59. The van der Waals surface area contributed by atoms with Crippen LogP contribution in [0.2, 0.25) is 0 Å². The summed E-state index contributed by atoms with van der Waals surface area (Å²) >= 11 is 0. The fraction of sp³-hybridized carbons (Fsp3) is 0.545. The Morgan fingerprint density at radius 3 is 2.69 bits per heavy atom. The number of benzene rings is 1. The van der Waals surface area contributed by atoms with Gasteiger partial charge in [-0.05, 0) is 52.1 Å². The van der Waals surface area contributed by atoms with Crippen molar-refractivity contribution < 1.29 is 18.1 Å². The summed E-state index contributed by atoms with van der Waals surface area (Å²) in [5.74, 6) is -0.108. The lowest BCUT2D eigenvalue weighted by molar-refractivity contribution is -0.132. The van der Waals surface area contributed by atoms with Crippen molar-refractivity contribution in [1.29, 1.82) is 0 Å². The van der Waals surface area contributed by atoms with E-state index in [9.17, 15) is 13.6 Å². The van der Waals surface area contributed by atoms with Crippen molar-refractivity contribution in [3.63, 3.8) is 0 Å². The van der Waals surface area contributed by atoms with Gasteiger partial charge in [0.15, 0.2) is 0 Å². The molecule has 0 aliphatic carbocycles. The van der Waals surface area contributed by atoms with Gasteiger partial charge >= 0.3 is 0 Å². The number of carbonyl (C=O) groups is 1. The monoisotopic (exact) mass is 403 g/mol. The molecule has 7 heteroatoms. The Kier molecular flexibility index (Phi) is 5.42. The lowest BCUT2D eigenvalue weighted by Crippen LogP contribution is -2.46. The van der Waals surface area contributed by atoms with E-state index in [4.69, 9.17) is 4.52 Å². The number of likely N-dealkylation sites (tertiary alicyclic amines) is 2. The summed E-state index contributed by atoms with van der Waals surface area (Å²) in [7, 11) is 0. The van der Waals surface area contributed by atoms with Crippen molar-refractivity contribution in [2.75, 3.05) is 13.1 Å². The molecule has 5 nitrogen and oxygen atoms in total. The van der Waals surface area contributed by atoms with Gasteiger partial charge in [0.2, 0.25) is 5.91 Å². The normalized spacial score (nSPS) is 23.2. The highest BCUT2D eigenvalue weighted by Crippen LogP contribution is 2.40. The van der Waals surface area contributed by atoms with Crippen molar-refractivity contribution in [1.82, 2.24) is 15.0 Å². The van der Waals surface area contributed by atoms with Crippen LogP contribution in [0, 0.1) is 25.5 Å². The first-order valence-electron chi connectivity index (χ1n) is 10.3. The number of amides is 1. The molecule has 2 aliphatic rings. The number of nitrogens with zero attached hydrogens (tertiary/aromatic N) is 3. The van der Waals surface area contributed by atoms with E-state index in [-0.39, 0.29) is 11.4 Å². The van der Waals surface area contributed by atoms with E-state index in [2.05, 4.69) is 10.1 Å². The zero-order valence-corrected chi connectivity index (χ0v) is 17.0. The van der Waals surface area contributed by atoms with Crippen LogP contribution < -0.4 is 0 Å². The average Bonchev–Trinajstić information content (AvgIpc) is 3.06. The molecule has 1 amide bonds. The van der Waals surface area contributed by atoms with Gasteiger partial charge in [-0.15, -0.1) is 0 Å². The summed E-state index contributed by atoms with van der Waals surface area (Å²) < 4.78 is 32.5. The molecule has 0 bridgehead atoms. The van der Waals surface area contributed by atoms with Crippen molar-refractivity contribution in [2.45, 2.75) is 64.6 Å². The molecular weight excluding hydrogens is 376 g/mol. The summed E-state index contributed by atoms with van der Waals surface area (Å²) in [5.41, 5.74) is 2.18. The Morgan fingerprint density at radius 2 is 1.97 bits per heavy atom. The largest absolute Gasteiger partial charge is 0.361 e. The van der Waals surface area contributed by atoms with Gasteiger partial charge < -0.3 is 9.42 Å². The Bertz CT molecular complexity index is 894. The predicted molar refractivity (Wildman–Crippen MR) is 104 cm³/mol. The highest BCUT2D eigenvalue weighted by atomic mass is 19.1. The van der Waals surface area contributed by atoms with Crippen LogP contribution in [-0.2, 0) is 17.9 Å². The molecule has 2 aromatic rings. The van der Waals surface area contributed by atoms with Crippen LogP contribution in [0.3, 0.4) is 0 Å². The first-order chi connectivity index (χ1) is 13.9. The van der Waals surface area contributed by atoms with Crippen molar-refractivity contribution in [3.8, 4) is 0 Å². The first-order valence-corrected chi connectivity index (χ1v) is 10.3. The second kappa shape index (κ2) is 7.86. The lowest BCUT2D eigenvalue weighted by atomic mass is 9.87. The number of halogens is 2. The second-order valence-corrected chi connectivity index (χ2v) is 8.37. The Hall–Kier alpha value is -2.28. The minimum atomic E-state index is -0.555. The highest BCUT2D eigenvalue weighted by molar-refractivity contribution is 5.79. The molecule has 156 valence electrons. The van der Waals surface area contributed by atoms with Gasteiger partial charge in [-0.2, -0.15) is 0 Å². The average molecular weight is 403 g/mol. The molecule has 0 N–H and O–H groups in total. The summed E-state index contributed by atoms with van der Waals surface area (Å²) in [6.45, 7) is 6.40. The SMILES string of the molecule is Cc1noc(C)c1CN1C(=O)CCC12CCCN(Cc1ccc(F)cc1F)CC2. The van der Waals surface area contributed by atoms with Gasteiger partial charge in [-0.3, -0.25) is 9.69 Å². The summed E-state index contributed by atoms with van der Waals surface area (Å²) in [4.78, 5) is 17.0. The van der Waals surface area contributed by atoms with Crippen LogP contribution in [0.4, 0.5) is 8.78 Å². The number of hydrogen-bond acceptors (Lipinski definition) is 4. The van der Waals surface area contributed by atoms with Crippen LogP contribution in [0.15, 0.2) is 22.7 Å².